The molecular formula is C15H14ClF4N3O3. The first-order chi connectivity index (χ1) is 12.0. The van der Waals surface area contributed by atoms with E-state index in [0.29, 0.717) is 22.3 Å². The molecule has 0 spiro atoms. The van der Waals surface area contributed by atoms with Crippen molar-refractivity contribution in [2.75, 3.05) is 13.1 Å². The number of aliphatic carboxylic acids is 1. The van der Waals surface area contributed by atoms with Crippen LogP contribution in [-0.2, 0) is 16.6 Å². The predicted octanol–water partition coefficient (Wildman–Crippen LogP) is 2.95. The molecule has 2 heterocycles. The largest absolute Gasteiger partial charge is 0.490 e. The summed E-state index contributed by atoms with van der Waals surface area (Å²) in [5.41, 5.74) is 0.290. The lowest BCUT2D eigenvalue weighted by Gasteiger charge is -2.35. The van der Waals surface area contributed by atoms with E-state index >= 15 is 0 Å². The summed E-state index contributed by atoms with van der Waals surface area (Å²) in [6, 6.07) is 4.60. The minimum absolute atomic E-state index is 0.107. The number of hydrogen-bond acceptors (Lipinski definition) is 5. The quantitative estimate of drug-likeness (QED) is 0.777. The average Bonchev–Trinajstić information content (AvgIpc) is 2.97. The number of carbonyl (C=O) groups is 1. The highest BCUT2D eigenvalue weighted by Gasteiger charge is 2.39. The molecule has 0 bridgehead atoms. The molecule has 11 heteroatoms. The number of rotatable bonds is 3. The molecule has 3 rings (SSSR count). The molecule has 2 N–H and O–H groups in total. The van der Waals surface area contributed by atoms with Crippen molar-refractivity contribution in [1.29, 1.82) is 0 Å². The van der Waals surface area contributed by atoms with Gasteiger partial charge in [-0.1, -0.05) is 22.8 Å². The number of alkyl halides is 3. The molecule has 0 amide bonds. The van der Waals surface area contributed by atoms with Crippen LogP contribution in [-0.4, -0.2) is 40.5 Å². The molecule has 0 atom stereocenters. The lowest BCUT2D eigenvalue weighted by molar-refractivity contribution is -0.192. The maximum atomic E-state index is 13.7. The van der Waals surface area contributed by atoms with E-state index in [2.05, 4.69) is 22.4 Å². The fourth-order valence-electron chi connectivity index (χ4n) is 2.08. The van der Waals surface area contributed by atoms with Crippen molar-refractivity contribution < 1.29 is 32.0 Å². The van der Waals surface area contributed by atoms with E-state index < -0.39 is 12.1 Å². The van der Waals surface area contributed by atoms with Crippen molar-refractivity contribution in [3.8, 4) is 0 Å². The Balaban J connectivity index is 0.000000298. The Morgan fingerprint density at radius 1 is 1.42 bits per heavy atom. The molecule has 1 fully saturated rings. The number of hydrogen-bond donors (Lipinski definition) is 2. The Labute approximate surface area is 150 Å². The molecule has 1 aliphatic heterocycles. The highest BCUT2D eigenvalue weighted by Crippen LogP contribution is 2.27. The zero-order chi connectivity index (χ0) is 19.5. The SMILES string of the molecule is CC1(c2nc(Cc3c(F)cccc3Cl)no2)CNC1.O=C(O)C(F)(F)F. The van der Waals surface area contributed by atoms with Gasteiger partial charge in [0.05, 0.1) is 5.41 Å². The van der Waals surface area contributed by atoms with E-state index in [9.17, 15) is 17.6 Å². The second-order valence-corrected chi connectivity index (χ2v) is 6.27. The third kappa shape index (κ3) is 4.70. The Morgan fingerprint density at radius 2 is 2.04 bits per heavy atom. The van der Waals surface area contributed by atoms with Gasteiger partial charge in [0.15, 0.2) is 5.82 Å². The van der Waals surface area contributed by atoms with E-state index in [4.69, 9.17) is 26.0 Å². The van der Waals surface area contributed by atoms with Crippen LogP contribution in [0.4, 0.5) is 17.6 Å². The maximum Gasteiger partial charge on any atom is 0.490 e. The van der Waals surface area contributed by atoms with Gasteiger partial charge in [-0.05, 0) is 19.1 Å². The minimum Gasteiger partial charge on any atom is -0.475 e. The third-order valence-electron chi connectivity index (χ3n) is 3.65. The molecule has 1 saturated heterocycles. The van der Waals surface area contributed by atoms with Gasteiger partial charge < -0.3 is 14.9 Å². The van der Waals surface area contributed by atoms with Crippen LogP contribution in [0.3, 0.4) is 0 Å². The maximum absolute atomic E-state index is 13.7. The van der Waals surface area contributed by atoms with Gasteiger partial charge in [0.25, 0.3) is 0 Å². The molecule has 6 nitrogen and oxygen atoms in total. The number of halogens is 5. The summed E-state index contributed by atoms with van der Waals surface area (Å²) in [5, 5.41) is 14.6. The van der Waals surface area contributed by atoms with Gasteiger partial charge in [-0.2, -0.15) is 18.2 Å². The van der Waals surface area contributed by atoms with Crippen molar-refractivity contribution in [2.45, 2.75) is 24.9 Å². The summed E-state index contributed by atoms with van der Waals surface area (Å²) in [6.45, 7) is 3.68. The first kappa shape index (κ1) is 20.1. The van der Waals surface area contributed by atoms with Crippen molar-refractivity contribution >= 4 is 17.6 Å². The van der Waals surface area contributed by atoms with Gasteiger partial charge in [0.1, 0.15) is 5.82 Å². The molecule has 2 aromatic rings. The van der Waals surface area contributed by atoms with Crippen molar-refractivity contribution in [1.82, 2.24) is 15.5 Å². The Kier molecular flexibility index (Phi) is 5.87. The fourth-order valence-corrected chi connectivity index (χ4v) is 2.31. The molecule has 0 radical (unpaired) electrons. The smallest absolute Gasteiger partial charge is 0.475 e. The predicted molar refractivity (Wildman–Crippen MR) is 82.4 cm³/mol. The van der Waals surface area contributed by atoms with Crippen LogP contribution in [0.15, 0.2) is 22.7 Å². The number of carboxylic acids is 1. The zero-order valence-corrected chi connectivity index (χ0v) is 14.2. The van der Waals surface area contributed by atoms with Crippen LogP contribution in [0.5, 0.6) is 0 Å². The van der Waals surface area contributed by atoms with E-state index in [1.807, 2.05) is 0 Å². The summed E-state index contributed by atoms with van der Waals surface area (Å²) >= 11 is 5.98. The molecule has 142 valence electrons. The molecule has 0 saturated carbocycles. The fraction of sp³-hybridized carbons (Fsp3) is 0.400. The molecular weight excluding hydrogens is 382 g/mol. The highest BCUT2D eigenvalue weighted by molar-refractivity contribution is 6.31. The second kappa shape index (κ2) is 7.58. The molecule has 0 unspecified atom stereocenters. The summed E-state index contributed by atoms with van der Waals surface area (Å²) in [7, 11) is 0. The first-order valence-corrected chi connectivity index (χ1v) is 7.67. The van der Waals surface area contributed by atoms with Crippen LogP contribution in [0.25, 0.3) is 0 Å². The standard InChI is InChI=1S/C13H13ClFN3O.C2HF3O2/c1-13(6-16-7-13)12-17-11(18-19-12)5-8-9(14)3-2-4-10(8)15;3-2(4,5)1(6)7/h2-4,16H,5-7H2,1H3;(H,6,7). The number of carboxylic acid groups (broad SMARTS) is 1. The molecule has 26 heavy (non-hydrogen) atoms. The lowest BCUT2D eigenvalue weighted by atomic mass is 9.84. The molecule has 1 aromatic carbocycles. The van der Waals surface area contributed by atoms with Crippen molar-refractivity contribution in [3.63, 3.8) is 0 Å². The minimum atomic E-state index is -5.08. The summed E-state index contributed by atoms with van der Waals surface area (Å²) < 4.78 is 50.7. The summed E-state index contributed by atoms with van der Waals surface area (Å²) in [6.07, 6.45) is -4.85. The average molecular weight is 396 g/mol. The Bertz CT molecular complexity index is 770. The van der Waals surface area contributed by atoms with Crippen molar-refractivity contribution in [2.24, 2.45) is 0 Å². The summed E-state index contributed by atoms with van der Waals surface area (Å²) in [4.78, 5) is 13.2. The van der Waals surface area contributed by atoms with Gasteiger partial charge in [0.2, 0.25) is 5.89 Å². The van der Waals surface area contributed by atoms with E-state index in [0.717, 1.165) is 13.1 Å². The van der Waals surface area contributed by atoms with Gasteiger partial charge in [0, 0.05) is 30.1 Å². The topological polar surface area (TPSA) is 88.3 Å². The number of nitrogens with one attached hydrogen (secondary N) is 1. The third-order valence-corrected chi connectivity index (χ3v) is 4.01. The van der Waals surface area contributed by atoms with Crippen LogP contribution >= 0.6 is 11.6 Å². The molecule has 0 aliphatic carbocycles. The van der Waals surface area contributed by atoms with Gasteiger partial charge in [-0.3, -0.25) is 0 Å². The second-order valence-electron chi connectivity index (χ2n) is 5.86. The van der Waals surface area contributed by atoms with E-state index in [-0.39, 0.29) is 17.7 Å². The van der Waals surface area contributed by atoms with Gasteiger partial charge in [-0.25, -0.2) is 9.18 Å². The number of nitrogens with zero attached hydrogens (tertiary/aromatic N) is 2. The first-order valence-electron chi connectivity index (χ1n) is 7.30. The van der Waals surface area contributed by atoms with E-state index in [1.54, 1.807) is 12.1 Å². The lowest BCUT2D eigenvalue weighted by Crippen LogP contribution is -2.54. The number of benzene rings is 1. The highest BCUT2D eigenvalue weighted by atomic mass is 35.5. The number of aromatic nitrogens is 2. The van der Waals surface area contributed by atoms with Gasteiger partial charge >= 0.3 is 12.1 Å². The van der Waals surface area contributed by atoms with Gasteiger partial charge in [-0.15, -0.1) is 0 Å². The Morgan fingerprint density at radius 3 is 2.50 bits per heavy atom. The van der Waals surface area contributed by atoms with Crippen LogP contribution < -0.4 is 5.32 Å². The van der Waals surface area contributed by atoms with Crippen LogP contribution in [0, 0.1) is 5.82 Å². The zero-order valence-electron chi connectivity index (χ0n) is 13.4. The van der Waals surface area contributed by atoms with E-state index in [1.165, 1.54) is 6.07 Å². The van der Waals surface area contributed by atoms with Crippen molar-refractivity contribution in [3.05, 3.63) is 46.3 Å². The van der Waals surface area contributed by atoms with Crippen LogP contribution in [0.1, 0.15) is 24.2 Å². The molecule has 1 aromatic heterocycles. The van der Waals surface area contributed by atoms with Crippen LogP contribution in [0.2, 0.25) is 5.02 Å². The summed E-state index contributed by atoms with van der Waals surface area (Å²) in [5.74, 6) is -2.06. The normalized spacial score (nSPS) is 15.6. The molecule has 1 aliphatic rings. The Hall–Kier alpha value is -2.20. The monoisotopic (exact) mass is 395 g/mol.